The van der Waals surface area contributed by atoms with Gasteiger partial charge in [0.15, 0.2) is 0 Å². The lowest BCUT2D eigenvalue weighted by atomic mass is 10.1. The lowest BCUT2D eigenvalue weighted by Gasteiger charge is -2.01. The average Bonchev–Trinajstić information content (AvgIpc) is 2.18. The molecule has 0 bridgehead atoms. The van der Waals surface area contributed by atoms with E-state index in [1.807, 2.05) is 13.8 Å². The van der Waals surface area contributed by atoms with E-state index in [1.165, 1.54) is 5.56 Å². The minimum absolute atomic E-state index is 0.551. The maximum atomic E-state index is 5.14. The van der Waals surface area contributed by atoms with Crippen LogP contribution in [0.25, 0.3) is 0 Å². The molecule has 2 nitrogen and oxygen atoms in total. The predicted octanol–water partition coefficient (Wildman–Crippen LogP) is 3.16. The minimum Gasteiger partial charge on any atom is -0.391 e. The molecule has 2 heteroatoms. The number of rotatable bonds is 4. The molecule has 0 aromatic heterocycles. The molecule has 1 rings (SSSR count). The van der Waals surface area contributed by atoms with Gasteiger partial charge in [-0.15, -0.1) is 0 Å². The summed E-state index contributed by atoms with van der Waals surface area (Å²) in [5, 5.41) is 3.88. The van der Waals surface area contributed by atoms with Gasteiger partial charge in [-0.1, -0.05) is 36.3 Å². The number of nitrogens with zero attached hydrogens (tertiary/aromatic N) is 1. The average molecular weight is 191 g/mol. The Labute approximate surface area is 85.6 Å². The molecule has 0 atom stereocenters. The van der Waals surface area contributed by atoms with Crippen LogP contribution in [-0.4, -0.2) is 5.71 Å². The summed E-state index contributed by atoms with van der Waals surface area (Å²) in [4.78, 5) is 5.14. The third-order valence-electron chi connectivity index (χ3n) is 1.91. The Morgan fingerprint density at radius 1 is 1.14 bits per heavy atom. The number of hydrogen-bond donors (Lipinski definition) is 0. The van der Waals surface area contributed by atoms with E-state index in [0.717, 1.165) is 17.7 Å². The fraction of sp³-hybridized carbons (Fsp3) is 0.417. The molecule has 76 valence electrons. The summed E-state index contributed by atoms with van der Waals surface area (Å²) < 4.78 is 0. The van der Waals surface area contributed by atoms with Gasteiger partial charge in [-0.05, 0) is 31.4 Å². The summed E-state index contributed by atoms with van der Waals surface area (Å²) in [6.45, 7) is 6.53. The fourth-order valence-corrected chi connectivity index (χ4v) is 1.11. The van der Waals surface area contributed by atoms with Crippen molar-refractivity contribution in [2.75, 3.05) is 0 Å². The van der Waals surface area contributed by atoms with Gasteiger partial charge in [0.05, 0.1) is 5.71 Å². The molecule has 0 aliphatic rings. The zero-order valence-electron chi connectivity index (χ0n) is 9.08. The highest BCUT2D eigenvalue weighted by molar-refractivity contribution is 5.78. The molecular formula is C12H17NO. The highest BCUT2D eigenvalue weighted by atomic mass is 16.6. The Balaban J connectivity index is 2.48. The zero-order valence-corrected chi connectivity index (χ0v) is 9.08. The first-order chi connectivity index (χ1) is 6.72. The maximum Gasteiger partial charge on any atom is 0.142 e. The molecule has 0 saturated carbocycles. The fourth-order valence-electron chi connectivity index (χ4n) is 1.11. The van der Waals surface area contributed by atoms with Crippen molar-refractivity contribution in [2.45, 2.75) is 33.8 Å². The van der Waals surface area contributed by atoms with Gasteiger partial charge in [0.25, 0.3) is 0 Å². The Hall–Kier alpha value is -1.31. The molecule has 0 heterocycles. The molecule has 0 amide bonds. The lowest BCUT2D eigenvalue weighted by Crippen LogP contribution is -1.90. The quantitative estimate of drug-likeness (QED) is 0.529. The molecule has 0 aliphatic carbocycles. The van der Waals surface area contributed by atoms with Gasteiger partial charge >= 0.3 is 0 Å². The van der Waals surface area contributed by atoms with E-state index in [4.69, 9.17) is 4.84 Å². The smallest absolute Gasteiger partial charge is 0.142 e. The molecule has 0 saturated heterocycles. The van der Waals surface area contributed by atoms with Crippen molar-refractivity contribution in [1.82, 2.24) is 0 Å². The molecule has 0 spiro atoms. The van der Waals surface area contributed by atoms with Gasteiger partial charge in [0.2, 0.25) is 0 Å². The lowest BCUT2D eigenvalue weighted by molar-refractivity contribution is 0.130. The molecule has 0 N–H and O–H groups in total. The highest BCUT2D eigenvalue weighted by Gasteiger charge is 1.93. The first kappa shape index (κ1) is 10.8. The summed E-state index contributed by atoms with van der Waals surface area (Å²) in [7, 11) is 0. The Bertz CT molecular complexity index is 297. The van der Waals surface area contributed by atoms with Crippen LogP contribution in [0.2, 0.25) is 0 Å². The largest absolute Gasteiger partial charge is 0.391 e. The highest BCUT2D eigenvalue weighted by Crippen LogP contribution is 2.06. The van der Waals surface area contributed by atoms with E-state index < -0.39 is 0 Å². The molecule has 0 unspecified atom stereocenters. The van der Waals surface area contributed by atoms with Gasteiger partial charge in [0, 0.05) is 0 Å². The summed E-state index contributed by atoms with van der Waals surface area (Å²) in [6.07, 6.45) is 1.08. The van der Waals surface area contributed by atoms with Gasteiger partial charge < -0.3 is 4.84 Å². The van der Waals surface area contributed by atoms with Gasteiger partial charge in [-0.3, -0.25) is 0 Å². The van der Waals surface area contributed by atoms with Crippen LogP contribution in [0.1, 0.15) is 31.9 Å². The number of hydrogen-bond acceptors (Lipinski definition) is 2. The van der Waals surface area contributed by atoms with Crippen LogP contribution >= 0.6 is 0 Å². The summed E-state index contributed by atoms with van der Waals surface area (Å²) in [5.41, 5.74) is 3.45. The Kier molecular flexibility index (Phi) is 4.17. The maximum absolute atomic E-state index is 5.14. The summed E-state index contributed by atoms with van der Waals surface area (Å²) >= 11 is 0. The molecule has 1 aromatic rings. The Morgan fingerprint density at radius 2 is 1.71 bits per heavy atom. The molecule has 14 heavy (non-hydrogen) atoms. The van der Waals surface area contributed by atoms with E-state index in [9.17, 15) is 0 Å². The molecule has 0 radical (unpaired) electrons. The van der Waals surface area contributed by atoms with E-state index in [1.54, 1.807) is 0 Å². The van der Waals surface area contributed by atoms with Crippen molar-refractivity contribution in [3.05, 3.63) is 35.4 Å². The molecule has 0 aliphatic heterocycles. The van der Waals surface area contributed by atoms with Gasteiger partial charge in [0.1, 0.15) is 6.61 Å². The van der Waals surface area contributed by atoms with Crippen LogP contribution in [0.5, 0.6) is 0 Å². The first-order valence-electron chi connectivity index (χ1n) is 4.93. The number of benzene rings is 1. The van der Waals surface area contributed by atoms with Gasteiger partial charge in [-0.25, -0.2) is 0 Å². The third-order valence-corrected chi connectivity index (χ3v) is 1.91. The summed E-state index contributed by atoms with van der Waals surface area (Å²) in [5.74, 6) is 0. The van der Waals surface area contributed by atoms with Crippen molar-refractivity contribution in [1.29, 1.82) is 0 Å². The van der Waals surface area contributed by atoms with Crippen LogP contribution in [-0.2, 0) is 17.9 Å². The van der Waals surface area contributed by atoms with Crippen molar-refractivity contribution >= 4 is 5.71 Å². The van der Waals surface area contributed by atoms with Crippen LogP contribution in [0.3, 0.4) is 0 Å². The topological polar surface area (TPSA) is 21.6 Å². The molecule has 0 fully saturated rings. The first-order valence-corrected chi connectivity index (χ1v) is 4.93. The number of oxime groups is 1. The van der Waals surface area contributed by atoms with Crippen LogP contribution in [0, 0.1) is 0 Å². The van der Waals surface area contributed by atoms with Crippen molar-refractivity contribution in [3.63, 3.8) is 0 Å². The van der Waals surface area contributed by atoms with Crippen LogP contribution in [0.15, 0.2) is 29.4 Å². The van der Waals surface area contributed by atoms with Crippen LogP contribution < -0.4 is 0 Å². The Morgan fingerprint density at radius 3 is 2.21 bits per heavy atom. The third kappa shape index (κ3) is 3.60. The van der Waals surface area contributed by atoms with E-state index >= 15 is 0 Å². The second kappa shape index (κ2) is 5.43. The predicted molar refractivity (Wildman–Crippen MR) is 59.4 cm³/mol. The van der Waals surface area contributed by atoms with Crippen LogP contribution in [0.4, 0.5) is 0 Å². The van der Waals surface area contributed by atoms with Gasteiger partial charge in [-0.2, -0.15) is 0 Å². The second-order valence-corrected chi connectivity index (χ2v) is 3.48. The van der Waals surface area contributed by atoms with E-state index in [0.29, 0.717) is 6.61 Å². The normalized spacial score (nSPS) is 9.64. The standard InChI is InChI=1S/C12H17NO/c1-4-11-5-7-12(8-6-11)9-14-13-10(2)3/h5-8H,4,9H2,1-3H3. The number of aryl methyl sites for hydroxylation is 1. The zero-order chi connectivity index (χ0) is 10.4. The molecular weight excluding hydrogens is 174 g/mol. The SMILES string of the molecule is CCc1ccc(CON=C(C)C)cc1. The summed E-state index contributed by atoms with van der Waals surface area (Å²) in [6, 6.07) is 8.42. The van der Waals surface area contributed by atoms with Crippen molar-refractivity contribution in [2.24, 2.45) is 5.16 Å². The van der Waals surface area contributed by atoms with Crippen molar-refractivity contribution < 1.29 is 4.84 Å². The minimum atomic E-state index is 0.551. The van der Waals surface area contributed by atoms with E-state index in [-0.39, 0.29) is 0 Å². The molecule has 1 aromatic carbocycles. The second-order valence-electron chi connectivity index (χ2n) is 3.48. The van der Waals surface area contributed by atoms with Crippen molar-refractivity contribution in [3.8, 4) is 0 Å². The van der Waals surface area contributed by atoms with E-state index in [2.05, 4.69) is 36.3 Å². The monoisotopic (exact) mass is 191 g/mol.